The van der Waals surface area contributed by atoms with E-state index in [9.17, 15) is 13.2 Å². The summed E-state index contributed by atoms with van der Waals surface area (Å²) in [5, 5.41) is 0.408. The van der Waals surface area contributed by atoms with Crippen LogP contribution < -0.4 is 9.47 Å². The molecule has 0 N–H and O–H groups in total. The van der Waals surface area contributed by atoms with E-state index in [4.69, 9.17) is 25.8 Å². The predicted octanol–water partition coefficient (Wildman–Crippen LogP) is 3.21. The number of hydrogen-bond acceptors (Lipinski definition) is 6. The van der Waals surface area contributed by atoms with Gasteiger partial charge in [0, 0.05) is 13.1 Å². The van der Waals surface area contributed by atoms with Crippen LogP contribution in [0.1, 0.15) is 18.4 Å². The van der Waals surface area contributed by atoms with Gasteiger partial charge in [-0.05, 0) is 42.7 Å². The van der Waals surface area contributed by atoms with Gasteiger partial charge in [-0.1, -0.05) is 29.8 Å². The van der Waals surface area contributed by atoms with E-state index in [0.29, 0.717) is 34.9 Å². The van der Waals surface area contributed by atoms with Gasteiger partial charge in [0.15, 0.2) is 11.5 Å². The number of carbonyl (C=O) groups is 1. The largest absolute Gasteiger partial charge is 0.461 e. The molecule has 0 unspecified atom stereocenters. The molecule has 9 heteroatoms. The van der Waals surface area contributed by atoms with E-state index in [2.05, 4.69) is 0 Å². The van der Waals surface area contributed by atoms with Gasteiger partial charge in [0.05, 0.1) is 15.8 Å². The summed E-state index contributed by atoms with van der Waals surface area (Å²) >= 11 is 6.14. The summed E-state index contributed by atoms with van der Waals surface area (Å²) in [5.74, 6) is 0.356. The molecule has 29 heavy (non-hydrogen) atoms. The van der Waals surface area contributed by atoms with E-state index in [-0.39, 0.29) is 43.3 Å². The number of ether oxygens (including phenoxy) is 3. The van der Waals surface area contributed by atoms with Gasteiger partial charge in [-0.3, -0.25) is 4.79 Å². The summed E-state index contributed by atoms with van der Waals surface area (Å²) in [4.78, 5) is 12.7. The molecular formula is C20H20ClNO6S. The van der Waals surface area contributed by atoms with E-state index in [1.54, 1.807) is 42.5 Å². The Morgan fingerprint density at radius 1 is 1.14 bits per heavy atom. The molecule has 1 fully saturated rings. The molecule has 0 radical (unpaired) electrons. The number of fused-ring (bicyclic) bond motifs is 1. The van der Waals surface area contributed by atoms with E-state index in [1.165, 1.54) is 4.31 Å². The Bertz CT molecular complexity index is 1000. The van der Waals surface area contributed by atoms with E-state index in [0.717, 1.165) is 0 Å². The second kappa shape index (κ2) is 8.22. The summed E-state index contributed by atoms with van der Waals surface area (Å²) in [5.41, 5.74) is 0.705. The monoisotopic (exact) mass is 437 g/mol. The highest BCUT2D eigenvalue weighted by molar-refractivity contribution is 7.89. The van der Waals surface area contributed by atoms with Crippen LogP contribution in [0.15, 0.2) is 47.4 Å². The Morgan fingerprint density at radius 2 is 1.86 bits per heavy atom. The number of nitrogens with zero attached hydrogens (tertiary/aromatic N) is 1. The molecule has 0 saturated carbocycles. The van der Waals surface area contributed by atoms with Crippen molar-refractivity contribution in [3.05, 3.63) is 53.1 Å². The van der Waals surface area contributed by atoms with Crippen molar-refractivity contribution in [2.24, 2.45) is 5.92 Å². The smallest absolute Gasteiger partial charge is 0.309 e. The minimum absolute atomic E-state index is 0.0672. The zero-order valence-electron chi connectivity index (χ0n) is 15.5. The Balaban J connectivity index is 1.32. The highest BCUT2D eigenvalue weighted by Crippen LogP contribution is 2.40. The van der Waals surface area contributed by atoms with Crippen molar-refractivity contribution in [1.82, 2.24) is 4.31 Å². The van der Waals surface area contributed by atoms with Crippen LogP contribution in [-0.2, 0) is 26.2 Å². The number of carbonyl (C=O) groups excluding carboxylic acids is 1. The summed E-state index contributed by atoms with van der Waals surface area (Å²) in [6.45, 7) is 0.750. The number of hydrogen-bond donors (Lipinski definition) is 0. The van der Waals surface area contributed by atoms with Gasteiger partial charge >= 0.3 is 5.97 Å². The number of sulfonamides is 1. The summed E-state index contributed by atoms with van der Waals surface area (Å²) < 4.78 is 42.8. The van der Waals surface area contributed by atoms with Crippen molar-refractivity contribution in [1.29, 1.82) is 0 Å². The molecule has 2 aliphatic rings. The first-order chi connectivity index (χ1) is 13.9. The topological polar surface area (TPSA) is 82.1 Å². The molecule has 4 rings (SSSR count). The molecule has 0 spiro atoms. The molecule has 2 aliphatic heterocycles. The van der Waals surface area contributed by atoms with Crippen molar-refractivity contribution >= 4 is 27.6 Å². The first-order valence-electron chi connectivity index (χ1n) is 9.25. The summed E-state index contributed by atoms with van der Waals surface area (Å²) in [6, 6.07) is 11.7. The molecular weight excluding hydrogens is 418 g/mol. The minimum atomic E-state index is -3.54. The third-order valence-corrected chi connectivity index (χ3v) is 7.23. The average Bonchev–Trinajstić information content (AvgIpc) is 3.22. The molecule has 0 atom stereocenters. The zero-order valence-corrected chi connectivity index (χ0v) is 17.1. The van der Waals surface area contributed by atoms with Crippen molar-refractivity contribution in [2.45, 2.75) is 24.3 Å². The van der Waals surface area contributed by atoms with Gasteiger partial charge < -0.3 is 14.2 Å². The fourth-order valence-corrected chi connectivity index (χ4v) is 5.23. The maximum atomic E-state index is 12.7. The van der Waals surface area contributed by atoms with Crippen molar-refractivity contribution in [2.75, 3.05) is 19.9 Å². The first kappa shape index (κ1) is 20.0. The Hall–Kier alpha value is -2.29. The lowest BCUT2D eigenvalue weighted by atomic mass is 9.98. The lowest BCUT2D eigenvalue weighted by Crippen LogP contribution is -2.40. The van der Waals surface area contributed by atoms with Gasteiger partial charge in [-0.2, -0.15) is 4.31 Å². The normalized spacial score (nSPS) is 17.3. The standard InChI is InChI=1S/C20H20ClNO6S/c21-17-10-14(11-18-19(17)28-13-27-18)12-26-20(23)15-6-8-22(9-7-15)29(24,25)16-4-2-1-3-5-16/h1-5,10-11,15H,6-9,12-13H2. The van der Waals surface area contributed by atoms with E-state index >= 15 is 0 Å². The van der Waals surface area contributed by atoms with Crippen LogP contribution in [0.2, 0.25) is 5.02 Å². The molecule has 0 bridgehead atoms. The van der Waals surface area contributed by atoms with Crippen LogP contribution >= 0.6 is 11.6 Å². The molecule has 2 heterocycles. The number of benzene rings is 2. The SMILES string of the molecule is O=C(OCc1cc(Cl)c2c(c1)OCO2)C1CCN(S(=O)(=O)c2ccccc2)CC1. The fraction of sp³-hybridized carbons (Fsp3) is 0.350. The second-order valence-corrected chi connectivity index (χ2v) is 9.26. The zero-order chi connectivity index (χ0) is 20.4. The van der Waals surface area contributed by atoms with Crippen LogP contribution in [-0.4, -0.2) is 38.6 Å². The van der Waals surface area contributed by atoms with E-state index in [1.807, 2.05) is 0 Å². The Morgan fingerprint density at radius 3 is 2.59 bits per heavy atom. The molecule has 7 nitrogen and oxygen atoms in total. The summed E-state index contributed by atoms with van der Waals surface area (Å²) in [6.07, 6.45) is 0.847. The quantitative estimate of drug-likeness (QED) is 0.668. The summed E-state index contributed by atoms with van der Waals surface area (Å²) in [7, 11) is -3.54. The lowest BCUT2D eigenvalue weighted by molar-refractivity contribution is -0.151. The van der Waals surface area contributed by atoms with Gasteiger partial charge in [0.2, 0.25) is 16.8 Å². The maximum absolute atomic E-state index is 12.7. The average molecular weight is 438 g/mol. The highest BCUT2D eigenvalue weighted by atomic mass is 35.5. The highest BCUT2D eigenvalue weighted by Gasteiger charge is 2.32. The molecule has 0 aromatic heterocycles. The van der Waals surface area contributed by atoms with Gasteiger partial charge in [0.1, 0.15) is 6.61 Å². The molecule has 1 saturated heterocycles. The Kier molecular flexibility index (Phi) is 5.67. The van der Waals surface area contributed by atoms with Crippen LogP contribution in [0.25, 0.3) is 0 Å². The molecule has 2 aromatic rings. The van der Waals surface area contributed by atoms with Gasteiger partial charge in [-0.15, -0.1) is 0 Å². The van der Waals surface area contributed by atoms with E-state index < -0.39 is 10.0 Å². The third-order valence-electron chi connectivity index (χ3n) is 5.04. The third kappa shape index (κ3) is 4.19. The number of halogens is 1. The van der Waals surface area contributed by atoms with Gasteiger partial charge in [-0.25, -0.2) is 8.42 Å². The number of piperidine rings is 1. The van der Waals surface area contributed by atoms with Crippen LogP contribution in [0, 0.1) is 5.92 Å². The maximum Gasteiger partial charge on any atom is 0.309 e. The van der Waals surface area contributed by atoms with Crippen molar-refractivity contribution in [3.8, 4) is 11.5 Å². The first-order valence-corrected chi connectivity index (χ1v) is 11.1. The van der Waals surface area contributed by atoms with Crippen LogP contribution in [0.3, 0.4) is 0 Å². The van der Waals surface area contributed by atoms with Crippen LogP contribution in [0.5, 0.6) is 11.5 Å². The minimum Gasteiger partial charge on any atom is -0.461 e. The second-order valence-electron chi connectivity index (χ2n) is 6.91. The Labute approximate surface area is 174 Å². The molecule has 0 amide bonds. The lowest BCUT2D eigenvalue weighted by Gasteiger charge is -2.30. The molecule has 2 aromatic carbocycles. The molecule has 154 valence electrons. The van der Waals surface area contributed by atoms with Gasteiger partial charge in [0.25, 0.3) is 0 Å². The van der Waals surface area contributed by atoms with Crippen molar-refractivity contribution in [3.63, 3.8) is 0 Å². The fourth-order valence-electron chi connectivity index (χ4n) is 3.45. The predicted molar refractivity (Wildman–Crippen MR) is 105 cm³/mol. The molecule has 0 aliphatic carbocycles. The van der Waals surface area contributed by atoms with Crippen molar-refractivity contribution < 1.29 is 27.4 Å². The number of rotatable bonds is 5. The number of esters is 1. The van der Waals surface area contributed by atoms with Crippen LogP contribution in [0.4, 0.5) is 0 Å².